The third-order valence-corrected chi connectivity index (χ3v) is 4.74. The molecule has 6 heteroatoms. The predicted octanol–water partition coefficient (Wildman–Crippen LogP) is 1.59. The van der Waals surface area contributed by atoms with Crippen LogP contribution in [0.1, 0.15) is 52.9 Å². The summed E-state index contributed by atoms with van der Waals surface area (Å²) >= 11 is 0. The van der Waals surface area contributed by atoms with Crippen LogP contribution in [0.2, 0.25) is 0 Å². The fourth-order valence-corrected chi connectivity index (χ4v) is 3.72. The lowest BCUT2D eigenvalue weighted by Crippen LogP contribution is -2.51. The topological polar surface area (TPSA) is 73.2 Å². The third kappa shape index (κ3) is 5.06. The van der Waals surface area contributed by atoms with Crippen LogP contribution >= 0.6 is 0 Å². The number of carbonyl (C=O) groups excluding carboxylic acids is 1. The van der Waals surface area contributed by atoms with Gasteiger partial charge in [-0.2, -0.15) is 0 Å². The lowest BCUT2D eigenvalue weighted by Gasteiger charge is -2.39. The molecule has 2 rings (SSSR count). The summed E-state index contributed by atoms with van der Waals surface area (Å²) in [6.07, 6.45) is 4.92. The molecule has 23 heavy (non-hydrogen) atoms. The summed E-state index contributed by atoms with van der Waals surface area (Å²) in [5.41, 5.74) is -0.533. The smallest absolute Gasteiger partial charge is 0.410 e. The zero-order valence-electron chi connectivity index (χ0n) is 14.7. The molecular weight excluding hydrogens is 296 g/mol. The molecule has 0 aromatic carbocycles. The van der Waals surface area contributed by atoms with Crippen LogP contribution in [-0.2, 0) is 4.74 Å². The molecule has 2 N–H and O–H groups in total. The van der Waals surface area contributed by atoms with Crippen LogP contribution in [-0.4, -0.2) is 76.1 Å². The van der Waals surface area contributed by atoms with E-state index in [1.807, 2.05) is 20.8 Å². The summed E-state index contributed by atoms with van der Waals surface area (Å²) in [5.74, 6) is 0. The highest BCUT2D eigenvalue weighted by atomic mass is 16.6. The summed E-state index contributed by atoms with van der Waals surface area (Å²) < 4.78 is 5.41. The van der Waals surface area contributed by atoms with E-state index < -0.39 is 11.7 Å². The van der Waals surface area contributed by atoms with Crippen molar-refractivity contribution in [3.63, 3.8) is 0 Å². The van der Waals surface area contributed by atoms with Gasteiger partial charge in [-0.15, -0.1) is 0 Å². The lowest BCUT2D eigenvalue weighted by atomic mass is 9.92. The van der Waals surface area contributed by atoms with Crippen LogP contribution in [0.4, 0.5) is 4.79 Å². The van der Waals surface area contributed by atoms with Crippen LogP contribution in [0.25, 0.3) is 0 Å². The van der Waals surface area contributed by atoms with Gasteiger partial charge in [-0.05, 0) is 33.6 Å². The van der Waals surface area contributed by atoms with Crippen LogP contribution in [0.3, 0.4) is 0 Å². The van der Waals surface area contributed by atoms with Gasteiger partial charge >= 0.3 is 6.09 Å². The molecule has 1 aliphatic heterocycles. The first-order valence-corrected chi connectivity index (χ1v) is 8.84. The summed E-state index contributed by atoms with van der Waals surface area (Å²) in [4.78, 5) is 16.0. The quantitative estimate of drug-likeness (QED) is 0.820. The molecule has 1 heterocycles. The Morgan fingerprint density at radius 3 is 2.43 bits per heavy atom. The molecule has 1 saturated carbocycles. The number of amides is 1. The first kappa shape index (κ1) is 18.5. The second-order valence-corrected chi connectivity index (χ2v) is 7.77. The Hall–Kier alpha value is -0.850. The van der Waals surface area contributed by atoms with E-state index in [0.717, 1.165) is 12.8 Å². The number of β-amino-alcohol motifs (C(OH)–C–C–N with tert-alkyl or cyclic N) is 1. The minimum Gasteiger partial charge on any atom is -0.444 e. The van der Waals surface area contributed by atoms with E-state index in [2.05, 4.69) is 4.90 Å². The number of hydrogen-bond acceptors (Lipinski definition) is 5. The maximum absolute atomic E-state index is 12.2. The van der Waals surface area contributed by atoms with Crippen molar-refractivity contribution in [3.8, 4) is 0 Å². The Morgan fingerprint density at radius 2 is 1.87 bits per heavy atom. The summed E-state index contributed by atoms with van der Waals surface area (Å²) in [7, 11) is 0. The van der Waals surface area contributed by atoms with Gasteiger partial charge in [0.15, 0.2) is 0 Å². The Bertz CT molecular complexity index is 391. The van der Waals surface area contributed by atoms with Crippen molar-refractivity contribution in [2.45, 2.75) is 76.7 Å². The molecule has 6 nitrogen and oxygen atoms in total. The number of rotatable bonds is 4. The second kappa shape index (κ2) is 7.81. The number of carbonyl (C=O) groups is 1. The van der Waals surface area contributed by atoms with Crippen LogP contribution in [0.5, 0.6) is 0 Å². The monoisotopic (exact) mass is 328 g/mol. The molecular formula is C17H32N2O4. The molecule has 0 radical (unpaired) electrons. The lowest BCUT2D eigenvalue weighted by molar-refractivity contribution is 0.0255. The first-order chi connectivity index (χ1) is 10.8. The number of aliphatic hydroxyl groups excluding tert-OH is 2. The Balaban J connectivity index is 2.01. The summed E-state index contributed by atoms with van der Waals surface area (Å²) in [6.45, 7) is 6.92. The molecule has 1 amide bonds. The minimum atomic E-state index is -0.587. The van der Waals surface area contributed by atoms with Crippen LogP contribution in [0.15, 0.2) is 0 Å². The standard InChI is InChI=1S/C17H32N2O4/c1-17(2,3)23-16(22)18-11-14(15(21)12-18)19(9-10-20)13-7-5-4-6-8-13/h13-15,20-21H,4-12H2,1-3H3/t14-,15-/m1/s1. The van der Waals surface area contributed by atoms with Gasteiger partial charge in [-0.1, -0.05) is 19.3 Å². The van der Waals surface area contributed by atoms with E-state index in [1.54, 1.807) is 4.90 Å². The first-order valence-electron chi connectivity index (χ1n) is 8.84. The summed E-state index contributed by atoms with van der Waals surface area (Å²) in [5, 5.41) is 19.9. The summed E-state index contributed by atoms with van der Waals surface area (Å²) in [6, 6.07) is 0.284. The van der Waals surface area contributed by atoms with Crippen molar-refractivity contribution in [1.82, 2.24) is 9.80 Å². The molecule has 0 aromatic rings. The predicted molar refractivity (Wildman–Crippen MR) is 88.3 cm³/mol. The van der Waals surface area contributed by atoms with E-state index in [4.69, 9.17) is 4.74 Å². The zero-order valence-corrected chi connectivity index (χ0v) is 14.7. The van der Waals surface area contributed by atoms with Gasteiger partial charge in [0.05, 0.1) is 25.3 Å². The molecule has 134 valence electrons. The largest absolute Gasteiger partial charge is 0.444 e. The van der Waals surface area contributed by atoms with Gasteiger partial charge in [-0.25, -0.2) is 4.79 Å². The highest BCUT2D eigenvalue weighted by Gasteiger charge is 2.41. The maximum atomic E-state index is 12.2. The molecule has 2 atom stereocenters. The highest BCUT2D eigenvalue weighted by molar-refractivity contribution is 5.68. The molecule has 0 unspecified atom stereocenters. The Kier molecular flexibility index (Phi) is 6.28. The van der Waals surface area contributed by atoms with Crippen LogP contribution in [0, 0.1) is 0 Å². The number of ether oxygens (including phenoxy) is 1. The van der Waals surface area contributed by atoms with E-state index in [0.29, 0.717) is 25.7 Å². The molecule has 0 aromatic heterocycles. The fourth-order valence-electron chi connectivity index (χ4n) is 3.72. The van der Waals surface area contributed by atoms with Crippen molar-refractivity contribution in [2.24, 2.45) is 0 Å². The third-order valence-electron chi connectivity index (χ3n) is 4.74. The highest BCUT2D eigenvalue weighted by Crippen LogP contribution is 2.28. The van der Waals surface area contributed by atoms with Gasteiger partial charge in [0.2, 0.25) is 0 Å². The molecule has 1 saturated heterocycles. The van der Waals surface area contributed by atoms with Gasteiger partial charge < -0.3 is 19.8 Å². The number of hydrogen-bond donors (Lipinski definition) is 2. The maximum Gasteiger partial charge on any atom is 0.410 e. The number of nitrogens with zero attached hydrogens (tertiary/aromatic N) is 2. The van der Waals surface area contributed by atoms with E-state index in [-0.39, 0.29) is 18.7 Å². The molecule has 2 fully saturated rings. The number of likely N-dealkylation sites (tertiary alicyclic amines) is 1. The van der Waals surface area contributed by atoms with Gasteiger partial charge in [0.1, 0.15) is 5.60 Å². The van der Waals surface area contributed by atoms with Crippen LogP contribution < -0.4 is 0 Å². The number of aliphatic hydroxyl groups is 2. The van der Waals surface area contributed by atoms with Crippen molar-refractivity contribution >= 4 is 6.09 Å². The SMILES string of the molecule is CC(C)(C)OC(=O)N1C[C@@H](O)[C@H](N(CCO)C2CCCCC2)C1. The van der Waals surface area contributed by atoms with E-state index in [9.17, 15) is 15.0 Å². The van der Waals surface area contributed by atoms with Crippen molar-refractivity contribution in [2.75, 3.05) is 26.2 Å². The second-order valence-electron chi connectivity index (χ2n) is 7.77. The van der Waals surface area contributed by atoms with Crippen molar-refractivity contribution < 1.29 is 19.7 Å². The van der Waals surface area contributed by atoms with Crippen molar-refractivity contribution in [1.29, 1.82) is 0 Å². The molecule has 0 bridgehead atoms. The molecule has 1 aliphatic carbocycles. The normalized spacial score (nSPS) is 26.8. The minimum absolute atomic E-state index is 0.0756. The molecule has 0 spiro atoms. The van der Waals surface area contributed by atoms with Gasteiger partial charge in [-0.3, -0.25) is 4.90 Å². The Labute approximate surface area is 139 Å². The fraction of sp³-hybridized carbons (Fsp3) is 0.941. The Morgan fingerprint density at radius 1 is 1.22 bits per heavy atom. The van der Waals surface area contributed by atoms with Gasteiger partial charge in [0, 0.05) is 19.1 Å². The van der Waals surface area contributed by atoms with Gasteiger partial charge in [0.25, 0.3) is 0 Å². The van der Waals surface area contributed by atoms with E-state index >= 15 is 0 Å². The average Bonchev–Trinajstić information content (AvgIpc) is 2.86. The van der Waals surface area contributed by atoms with Crippen molar-refractivity contribution in [3.05, 3.63) is 0 Å². The molecule has 2 aliphatic rings. The zero-order chi connectivity index (χ0) is 17.0. The average molecular weight is 328 g/mol. The van der Waals surface area contributed by atoms with E-state index in [1.165, 1.54) is 19.3 Å².